The average Bonchev–Trinajstić information content (AvgIpc) is 2.42. The highest BCUT2D eigenvalue weighted by atomic mass is 79.9. The van der Waals surface area contributed by atoms with Crippen molar-refractivity contribution >= 4 is 21.8 Å². The van der Waals surface area contributed by atoms with Gasteiger partial charge in [-0.25, -0.2) is 0 Å². The molecule has 0 radical (unpaired) electrons. The molecule has 1 aliphatic rings. The van der Waals surface area contributed by atoms with Gasteiger partial charge in [0.05, 0.1) is 18.8 Å². The Hall–Kier alpha value is -1.07. The first-order chi connectivity index (χ1) is 9.04. The molecule has 5 heteroatoms. The summed E-state index contributed by atoms with van der Waals surface area (Å²) in [6, 6.07) is 5.09. The third-order valence-corrected chi connectivity index (χ3v) is 4.20. The Morgan fingerprint density at radius 3 is 3.00 bits per heavy atom. The molecule has 0 saturated carbocycles. The van der Waals surface area contributed by atoms with Crippen LogP contribution in [0.5, 0.6) is 5.75 Å². The number of phenolic OH excluding ortho intramolecular Hbond substituents is 1. The van der Waals surface area contributed by atoms with Crippen molar-refractivity contribution in [3.8, 4) is 5.75 Å². The summed E-state index contributed by atoms with van der Waals surface area (Å²) >= 11 is 3.39. The van der Waals surface area contributed by atoms with Gasteiger partial charge in [-0.15, -0.1) is 0 Å². The zero-order chi connectivity index (χ0) is 14.0. The molecule has 0 spiro atoms. The van der Waals surface area contributed by atoms with Crippen LogP contribution in [0.2, 0.25) is 0 Å². The monoisotopic (exact) mass is 327 g/mol. The first-order valence-corrected chi connectivity index (χ1v) is 7.43. The molecule has 1 aromatic carbocycles. The fourth-order valence-electron chi connectivity index (χ4n) is 2.20. The second-order valence-electron chi connectivity index (χ2n) is 4.87. The summed E-state index contributed by atoms with van der Waals surface area (Å²) in [6.45, 7) is 4.84. The summed E-state index contributed by atoms with van der Waals surface area (Å²) in [5, 5.41) is 10.4. The number of amides is 1. The highest BCUT2D eigenvalue weighted by Gasteiger charge is 2.30. The molecule has 2 rings (SSSR count). The number of ether oxygens (including phenoxy) is 1. The minimum Gasteiger partial charge on any atom is -0.508 e. The summed E-state index contributed by atoms with van der Waals surface area (Å²) in [5.74, 6) is 0.110. The first-order valence-electron chi connectivity index (χ1n) is 6.31. The molecule has 2 atom stereocenters. The van der Waals surface area contributed by atoms with Crippen molar-refractivity contribution in [1.82, 2.24) is 4.90 Å². The van der Waals surface area contributed by atoms with Gasteiger partial charge in [-0.05, 0) is 26.0 Å². The molecule has 1 saturated heterocycles. The summed E-state index contributed by atoms with van der Waals surface area (Å²) in [5.41, 5.74) is 1.18. The van der Waals surface area contributed by atoms with Crippen LogP contribution in [0.25, 0.3) is 0 Å². The maximum Gasteiger partial charge on any atom is 0.254 e. The molecule has 19 heavy (non-hydrogen) atoms. The van der Waals surface area contributed by atoms with Crippen LogP contribution in [-0.2, 0) is 4.74 Å². The quantitative estimate of drug-likeness (QED) is 0.848. The van der Waals surface area contributed by atoms with E-state index in [0.29, 0.717) is 29.6 Å². The Balaban J connectivity index is 2.24. The summed E-state index contributed by atoms with van der Waals surface area (Å²) in [6.07, 6.45) is 0.0257. The number of carbonyl (C=O) groups is 1. The number of benzene rings is 1. The van der Waals surface area contributed by atoms with Crippen LogP contribution in [-0.4, -0.2) is 46.5 Å². The lowest BCUT2D eigenvalue weighted by Crippen LogP contribution is -2.51. The van der Waals surface area contributed by atoms with Gasteiger partial charge >= 0.3 is 0 Å². The van der Waals surface area contributed by atoms with E-state index in [4.69, 9.17) is 4.74 Å². The lowest BCUT2D eigenvalue weighted by Gasteiger charge is -2.37. The minimum absolute atomic E-state index is 0.0257. The highest BCUT2D eigenvalue weighted by molar-refractivity contribution is 9.09. The summed E-state index contributed by atoms with van der Waals surface area (Å²) in [7, 11) is 0. The van der Waals surface area contributed by atoms with Crippen molar-refractivity contribution < 1.29 is 14.6 Å². The molecule has 0 bridgehead atoms. The fraction of sp³-hybridized carbons (Fsp3) is 0.500. The number of aromatic hydroxyl groups is 1. The van der Waals surface area contributed by atoms with Gasteiger partial charge in [-0.2, -0.15) is 0 Å². The highest BCUT2D eigenvalue weighted by Crippen LogP contribution is 2.23. The molecular formula is C14H18BrNO3. The van der Waals surface area contributed by atoms with E-state index in [9.17, 15) is 9.90 Å². The lowest BCUT2D eigenvalue weighted by molar-refractivity contribution is -0.0361. The van der Waals surface area contributed by atoms with Crippen molar-refractivity contribution in [2.75, 3.05) is 18.5 Å². The van der Waals surface area contributed by atoms with Crippen LogP contribution >= 0.6 is 15.9 Å². The van der Waals surface area contributed by atoms with Crippen LogP contribution in [0.3, 0.4) is 0 Å². The molecule has 1 heterocycles. The van der Waals surface area contributed by atoms with Gasteiger partial charge < -0.3 is 14.7 Å². The van der Waals surface area contributed by atoms with E-state index in [1.807, 2.05) is 11.8 Å². The smallest absolute Gasteiger partial charge is 0.254 e. The fourth-order valence-corrected chi connectivity index (χ4v) is 2.60. The van der Waals surface area contributed by atoms with E-state index < -0.39 is 0 Å². The normalized spacial score (nSPS) is 23.4. The summed E-state index contributed by atoms with van der Waals surface area (Å²) in [4.78, 5) is 14.4. The Morgan fingerprint density at radius 1 is 1.58 bits per heavy atom. The Labute approximate surface area is 121 Å². The zero-order valence-corrected chi connectivity index (χ0v) is 12.7. The number of nitrogens with zero attached hydrogens (tertiary/aromatic N) is 1. The number of hydrogen-bond donors (Lipinski definition) is 1. The van der Waals surface area contributed by atoms with Crippen molar-refractivity contribution in [2.45, 2.75) is 26.0 Å². The average molecular weight is 328 g/mol. The number of phenols is 1. The standard InChI is InChI=1S/C14H18BrNO3/c1-9-8-19-11(6-15)7-16(9)14(18)12-4-3-5-13(17)10(12)2/h3-5,9,11,17H,6-8H2,1-2H3. The van der Waals surface area contributed by atoms with Crippen molar-refractivity contribution in [3.05, 3.63) is 29.3 Å². The van der Waals surface area contributed by atoms with Crippen molar-refractivity contribution in [1.29, 1.82) is 0 Å². The zero-order valence-electron chi connectivity index (χ0n) is 11.1. The Bertz CT molecular complexity index is 478. The largest absolute Gasteiger partial charge is 0.508 e. The van der Waals surface area contributed by atoms with Gasteiger partial charge in [-0.3, -0.25) is 4.79 Å². The Kier molecular flexibility index (Phi) is 4.47. The maximum atomic E-state index is 12.6. The van der Waals surface area contributed by atoms with E-state index in [-0.39, 0.29) is 23.8 Å². The molecule has 1 aromatic rings. The van der Waals surface area contributed by atoms with E-state index in [2.05, 4.69) is 15.9 Å². The van der Waals surface area contributed by atoms with Gasteiger partial charge in [0.1, 0.15) is 5.75 Å². The molecule has 1 amide bonds. The molecule has 0 aliphatic carbocycles. The second-order valence-corrected chi connectivity index (χ2v) is 5.51. The van der Waals surface area contributed by atoms with Crippen LogP contribution in [0.15, 0.2) is 18.2 Å². The SMILES string of the molecule is Cc1c(O)cccc1C(=O)N1CC(CBr)OCC1C. The molecular weight excluding hydrogens is 310 g/mol. The number of hydrogen-bond acceptors (Lipinski definition) is 3. The third-order valence-electron chi connectivity index (χ3n) is 3.47. The van der Waals surface area contributed by atoms with Gasteiger partial charge in [0, 0.05) is 23.0 Å². The van der Waals surface area contributed by atoms with E-state index in [1.165, 1.54) is 0 Å². The molecule has 0 aromatic heterocycles. The van der Waals surface area contributed by atoms with Crippen LogP contribution < -0.4 is 0 Å². The third kappa shape index (κ3) is 2.92. The van der Waals surface area contributed by atoms with E-state index in [1.54, 1.807) is 25.1 Å². The van der Waals surface area contributed by atoms with Crippen LogP contribution in [0.1, 0.15) is 22.8 Å². The molecule has 2 unspecified atom stereocenters. The molecule has 104 valence electrons. The van der Waals surface area contributed by atoms with Gasteiger partial charge in [0.2, 0.25) is 0 Å². The number of halogens is 1. The predicted octanol–water partition coefficient (Wildman–Crippen LogP) is 2.33. The van der Waals surface area contributed by atoms with Gasteiger partial charge in [-0.1, -0.05) is 22.0 Å². The molecule has 4 nitrogen and oxygen atoms in total. The van der Waals surface area contributed by atoms with Gasteiger partial charge in [0.15, 0.2) is 0 Å². The second kappa shape index (κ2) is 5.92. The van der Waals surface area contributed by atoms with E-state index >= 15 is 0 Å². The maximum absolute atomic E-state index is 12.6. The first kappa shape index (κ1) is 14.3. The van der Waals surface area contributed by atoms with Crippen LogP contribution in [0, 0.1) is 6.92 Å². The van der Waals surface area contributed by atoms with E-state index in [0.717, 1.165) is 0 Å². The number of morpholine rings is 1. The summed E-state index contributed by atoms with van der Waals surface area (Å²) < 4.78 is 5.62. The van der Waals surface area contributed by atoms with Crippen LogP contribution in [0.4, 0.5) is 0 Å². The minimum atomic E-state index is -0.0462. The lowest BCUT2D eigenvalue weighted by atomic mass is 10.0. The molecule has 1 aliphatic heterocycles. The Morgan fingerprint density at radius 2 is 2.32 bits per heavy atom. The number of alkyl halides is 1. The van der Waals surface area contributed by atoms with Crippen molar-refractivity contribution in [2.24, 2.45) is 0 Å². The topological polar surface area (TPSA) is 49.8 Å². The molecule has 1 N–H and O–H groups in total. The predicted molar refractivity (Wildman–Crippen MR) is 76.9 cm³/mol. The van der Waals surface area contributed by atoms with Crippen molar-refractivity contribution in [3.63, 3.8) is 0 Å². The number of carbonyl (C=O) groups excluding carboxylic acids is 1. The number of rotatable bonds is 2. The van der Waals surface area contributed by atoms with Gasteiger partial charge in [0.25, 0.3) is 5.91 Å². The molecule has 1 fully saturated rings.